The lowest BCUT2D eigenvalue weighted by molar-refractivity contribution is -0.119. The third-order valence-electron chi connectivity index (χ3n) is 2.27. The minimum Gasteiger partial charge on any atom is -0.368 e. The van der Waals surface area contributed by atoms with Gasteiger partial charge in [0.2, 0.25) is 5.91 Å². The van der Waals surface area contributed by atoms with E-state index in [-0.39, 0.29) is 0 Å². The summed E-state index contributed by atoms with van der Waals surface area (Å²) in [7, 11) is 0. The second kappa shape index (κ2) is 3.87. The summed E-state index contributed by atoms with van der Waals surface area (Å²) in [4.78, 5) is 12.9. The van der Waals surface area contributed by atoms with E-state index >= 15 is 0 Å². The van der Waals surface area contributed by atoms with E-state index in [1.807, 2.05) is 0 Å². The molecule has 0 heterocycles. The zero-order valence-corrected chi connectivity index (χ0v) is 7.49. The Bertz CT molecular complexity index is 168. The minimum absolute atomic E-state index is 0.408. The lowest BCUT2D eigenvalue weighted by atomic mass is 10.2. The van der Waals surface area contributed by atoms with Crippen molar-refractivity contribution in [3.05, 3.63) is 0 Å². The number of nitrogens with zero attached hydrogens (tertiary/aromatic N) is 1. The summed E-state index contributed by atoms with van der Waals surface area (Å²) in [6, 6.07) is 0.144. The van der Waals surface area contributed by atoms with Crippen LogP contribution in [0.3, 0.4) is 0 Å². The van der Waals surface area contributed by atoms with Crippen LogP contribution in [-0.4, -0.2) is 36.0 Å². The monoisotopic (exact) mass is 171 g/mol. The molecule has 4 heteroatoms. The van der Waals surface area contributed by atoms with Crippen LogP contribution in [0.1, 0.15) is 19.8 Å². The summed E-state index contributed by atoms with van der Waals surface area (Å²) in [5, 5.41) is 0. The van der Waals surface area contributed by atoms with Gasteiger partial charge in [0.25, 0.3) is 0 Å². The van der Waals surface area contributed by atoms with Crippen LogP contribution in [0.25, 0.3) is 0 Å². The van der Waals surface area contributed by atoms with Crippen LogP contribution >= 0.6 is 0 Å². The first-order valence-corrected chi connectivity index (χ1v) is 4.44. The van der Waals surface area contributed by atoms with Gasteiger partial charge in [0.05, 0.1) is 6.04 Å². The molecule has 0 spiro atoms. The van der Waals surface area contributed by atoms with Crippen molar-refractivity contribution in [3.8, 4) is 0 Å². The SMILES string of the molecule is CCN(CC(N)C(N)=O)C1CC1. The van der Waals surface area contributed by atoms with E-state index < -0.39 is 11.9 Å². The average Bonchev–Trinajstić information content (AvgIpc) is 2.82. The Balaban J connectivity index is 2.30. The molecule has 12 heavy (non-hydrogen) atoms. The molecule has 1 aliphatic rings. The summed E-state index contributed by atoms with van der Waals surface area (Å²) < 4.78 is 0. The maximum atomic E-state index is 10.7. The van der Waals surface area contributed by atoms with E-state index in [1.165, 1.54) is 12.8 Å². The Kier molecular flexibility index (Phi) is 3.05. The van der Waals surface area contributed by atoms with E-state index in [0.717, 1.165) is 6.54 Å². The van der Waals surface area contributed by atoms with Gasteiger partial charge in [-0.1, -0.05) is 6.92 Å². The highest BCUT2D eigenvalue weighted by molar-refractivity contribution is 5.79. The lowest BCUT2D eigenvalue weighted by Gasteiger charge is -2.21. The van der Waals surface area contributed by atoms with Gasteiger partial charge >= 0.3 is 0 Å². The molecular formula is C8H17N3O. The Labute approximate surface area is 72.9 Å². The van der Waals surface area contributed by atoms with Crippen LogP contribution in [0.2, 0.25) is 0 Å². The fraction of sp³-hybridized carbons (Fsp3) is 0.875. The van der Waals surface area contributed by atoms with Crippen molar-refractivity contribution in [1.29, 1.82) is 0 Å². The smallest absolute Gasteiger partial charge is 0.235 e. The van der Waals surface area contributed by atoms with Crippen molar-refractivity contribution in [1.82, 2.24) is 4.90 Å². The van der Waals surface area contributed by atoms with Crippen LogP contribution in [0.4, 0.5) is 0 Å². The second-order valence-corrected chi connectivity index (χ2v) is 3.33. The third kappa shape index (κ3) is 2.46. The zero-order valence-electron chi connectivity index (χ0n) is 7.49. The summed E-state index contributed by atoms with van der Waals surface area (Å²) in [5.74, 6) is -0.408. The van der Waals surface area contributed by atoms with E-state index in [9.17, 15) is 4.79 Å². The topological polar surface area (TPSA) is 72.3 Å². The molecule has 1 saturated carbocycles. The quantitative estimate of drug-likeness (QED) is 0.573. The van der Waals surface area contributed by atoms with Crippen LogP contribution < -0.4 is 11.5 Å². The van der Waals surface area contributed by atoms with Crippen molar-refractivity contribution in [2.45, 2.75) is 31.8 Å². The van der Waals surface area contributed by atoms with Gasteiger partial charge < -0.3 is 11.5 Å². The molecule has 1 amide bonds. The van der Waals surface area contributed by atoms with Crippen molar-refractivity contribution in [2.24, 2.45) is 11.5 Å². The molecular weight excluding hydrogens is 154 g/mol. The molecule has 1 atom stereocenters. The molecule has 4 nitrogen and oxygen atoms in total. The first-order chi connectivity index (χ1) is 5.65. The molecule has 0 aromatic carbocycles. The number of primary amides is 1. The van der Waals surface area contributed by atoms with Crippen molar-refractivity contribution >= 4 is 5.91 Å². The fourth-order valence-corrected chi connectivity index (χ4v) is 1.32. The van der Waals surface area contributed by atoms with Gasteiger partial charge in [-0.05, 0) is 19.4 Å². The highest BCUT2D eigenvalue weighted by atomic mass is 16.1. The number of rotatable bonds is 5. The molecule has 1 fully saturated rings. The fourth-order valence-electron chi connectivity index (χ4n) is 1.32. The maximum Gasteiger partial charge on any atom is 0.235 e. The summed E-state index contributed by atoms with van der Waals surface area (Å²) in [6.45, 7) is 3.63. The molecule has 4 N–H and O–H groups in total. The molecule has 0 bridgehead atoms. The number of hydrogen-bond donors (Lipinski definition) is 2. The largest absolute Gasteiger partial charge is 0.368 e. The van der Waals surface area contributed by atoms with Gasteiger partial charge in [-0.2, -0.15) is 0 Å². The average molecular weight is 171 g/mol. The second-order valence-electron chi connectivity index (χ2n) is 3.33. The van der Waals surface area contributed by atoms with Crippen LogP contribution in [0, 0.1) is 0 Å². The van der Waals surface area contributed by atoms with Gasteiger partial charge in [-0.25, -0.2) is 0 Å². The molecule has 0 aliphatic heterocycles. The van der Waals surface area contributed by atoms with Crippen LogP contribution in [-0.2, 0) is 4.79 Å². The predicted octanol–water partition coefficient (Wildman–Crippen LogP) is -0.717. The molecule has 0 aromatic heterocycles. The molecule has 0 saturated heterocycles. The highest BCUT2D eigenvalue weighted by Crippen LogP contribution is 2.26. The normalized spacial score (nSPS) is 19.6. The Morgan fingerprint density at radius 2 is 2.25 bits per heavy atom. The van der Waals surface area contributed by atoms with Crippen LogP contribution in [0.15, 0.2) is 0 Å². The molecule has 70 valence electrons. The van der Waals surface area contributed by atoms with Crippen molar-refractivity contribution in [3.63, 3.8) is 0 Å². The summed E-state index contributed by atoms with van der Waals surface area (Å²) >= 11 is 0. The number of amides is 1. The minimum atomic E-state index is -0.509. The zero-order chi connectivity index (χ0) is 9.14. The highest BCUT2D eigenvalue weighted by Gasteiger charge is 2.29. The lowest BCUT2D eigenvalue weighted by Crippen LogP contribution is -2.46. The van der Waals surface area contributed by atoms with Gasteiger partial charge in [-0.15, -0.1) is 0 Å². The Morgan fingerprint density at radius 3 is 2.58 bits per heavy atom. The standard InChI is InChI=1S/C8H17N3O/c1-2-11(6-3-4-6)5-7(9)8(10)12/h6-7H,2-5,9H2,1H3,(H2,10,12). The van der Waals surface area contributed by atoms with E-state index in [0.29, 0.717) is 12.6 Å². The number of carbonyl (C=O) groups excluding carboxylic acids is 1. The van der Waals surface area contributed by atoms with E-state index in [1.54, 1.807) is 0 Å². The molecule has 1 unspecified atom stereocenters. The van der Waals surface area contributed by atoms with E-state index in [4.69, 9.17) is 11.5 Å². The van der Waals surface area contributed by atoms with Gasteiger partial charge in [-0.3, -0.25) is 9.69 Å². The first kappa shape index (κ1) is 9.48. The summed E-state index contributed by atoms with van der Waals surface area (Å²) in [6.07, 6.45) is 2.47. The Morgan fingerprint density at radius 1 is 1.67 bits per heavy atom. The maximum absolute atomic E-state index is 10.7. The Hall–Kier alpha value is -0.610. The number of likely N-dealkylation sites (N-methyl/N-ethyl adjacent to an activating group) is 1. The van der Waals surface area contributed by atoms with Crippen molar-refractivity contribution < 1.29 is 4.79 Å². The number of carbonyl (C=O) groups is 1. The van der Waals surface area contributed by atoms with Gasteiger partial charge in [0.15, 0.2) is 0 Å². The number of nitrogens with two attached hydrogens (primary N) is 2. The molecule has 0 radical (unpaired) electrons. The molecule has 0 aromatic rings. The van der Waals surface area contributed by atoms with Gasteiger partial charge in [0, 0.05) is 12.6 Å². The summed E-state index contributed by atoms with van der Waals surface area (Å²) in [5.41, 5.74) is 10.6. The third-order valence-corrected chi connectivity index (χ3v) is 2.27. The van der Waals surface area contributed by atoms with Gasteiger partial charge in [0.1, 0.15) is 0 Å². The number of hydrogen-bond acceptors (Lipinski definition) is 3. The predicted molar refractivity (Wildman–Crippen MR) is 47.4 cm³/mol. The molecule has 1 rings (SSSR count). The van der Waals surface area contributed by atoms with Crippen molar-refractivity contribution in [2.75, 3.05) is 13.1 Å². The first-order valence-electron chi connectivity index (χ1n) is 4.44. The molecule has 1 aliphatic carbocycles. The van der Waals surface area contributed by atoms with Crippen LogP contribution in [0.5, 0.6) is 0 Å². The van der Waals surface area contributed by atoms with E-state index in [2.05, 4.69) is 11.8 Å².